The Morgan fingerprint density at radius 2 is 1.81 bits per heavy atom. The molecule has 26 heavy (non-hydrogen) atoms. The Hall–Kier alpha value is -2.13. The number of fused-ring (bicyclic) bond motifs is 1. The van der Waals surface area contributed by atoms with Gasteiger partial charge in [0.15, 0.2) is 6.61 Å². The van der Waals surface area contributed by atoms with Crippen LogP contribution in [0, 0.1) is 11.6 Å². The molecule has 0 bridgehead atoms. The first-order chi connectivity index (χ1) is 12.1. The lowest BCUT2D eigenvalue weighted by molar-refractivity contribution is -0.153. The average molecular weight is 411 g/mol. The predicted octanol–water partition coefficient (Wildman–Crippen LogP) is 5.60. The first-order valence-electron chi connectivity index (χ1n) is 6.96. The first kappa shape index (κ1) is 20.2. The van der Waals surface area contributed by atoms with Crippen LogP contribution < -0.4 is 10.5 Å². The molecule has 0 saturated carbocycles. The van der Waals surface area contributed by atoms with Gasteiger partial charge in [-0.3, -0.25) is 0 Å². The number of thiol groups is 1. The number of H-pyrrole nitrogens is 1. The standard InChI is InChI=1S/C10H8F3NOS.C6H4ClF2N/c11-10(12,13)5-15-6-1-2-7-8(3-6)14-4-9(7)16;7-3-1-5(9)6(10)2-4(3)8/h1-4,14,16H,5H2;1-2H,10H2. The minimum absolute atomic E-state index is 0.181. The number of halogens is 6. The fourth-order valence-electron chi connectivity index (χ4n) is 1.88. The van der Waals surface area contributed by atoms with Crippen LogP contribution in [0.15, 0.2) is 41.4 Å². The van der Waals surface area contributed by atoms with Crippen molar-refractivity contribution < 1.29 is 26.7 Å². The van der Waals surface area contributed by atoms with Crippen molar-refractivity contribution in [2.75, 3.05) is 12.3 Å². The smallest absolute Gasteiger partial charge is 0.422 e. The second-order valence-corrected chi connectivity index (χ2v) is 5.96. The molecule has 3 aromatic rings. The van der Waals surface area contributed by atoms with E-state index in [0.717, 1.165) is 22.4 Å². The summed E-state index contributed by atoms with van der Waals surface area (Å²) < 4.78 is 65.1. The van der Waals surface area contributed by atoms with Gasteiger partial charge in [-0.05, 0) is 18.2 Å². The zero-order valence-electron chi connectivity index (χ0n) is 12.9. The third-order valence-electron chi connectivity index (χ3n) is 3.07. The maximum absolute atomic E-state index is 12.4. The Morgan fingerprint density at radius 3 is 2.42 bits per heavy atom. The van der Waals surface area contributed by atoms with E-state index in [9.17, 15) is 22.0 Å². The lowest BCUT2D eigenvalue weighted by Gasteiger charge is -2.08. The molecule has 1 aromatic heterocycles. The number of nitrogens with two attached hydrogens (primary N) is 1. The number of benzene rings is 2. The molecular formula is C16H12ClF5N2OS. The van der Waals surface area contributed by atoms with Crippen LogP contribution in [0.25, 0.3) is 10.9 Å². The van der Waals surface area contributed by atoms with Crippen LogP contribution in [0.1, 0.15) is 0 Å². The molecule has 0 atom stereocenters. The van der Waals surface area contributed by atoms with Crippen LogP contribution in [0.4, 0.5) is 27.6 Å². The van der Waals surface area contributed by atoms with Gasteiger partial charge < -0.3 is 15.5 Å². The molecule has 0 aliphatic carbocycles. The lowest BCUT2D eigenvalue weighted by atomic mass is 10.2. The van der Waals surface area contributed by atoms with E-state index in [1.165, 1.54) is 12.1 Å². The average Bonchev–Trinajstić information content (AvgIpc) is 2.92. The summed E-state index contributed by atoms with van der Waals surface area (Å²) in [6.07, 6.45) is -2.65. The number of nitrogen functional groups attached to an aromatic ring is 1. The molecule has 0 fully saturated rings. The fraction of sp³-hybridized carbons (Fsp3) is 0.125. The van der Waals surface area contributed by atoms with Gasteiger partial charge in [0.2, 0.25) is 0 Å². The number of nitrogens with one attached hydrogen (secondary N) is 1. The topological polar surface area (TPSA) is 51.0 Å². The van der Waals surface area contributed by atoms with E-state index in [-0.39, 0.29) is 16.5 Å². The fourth-order valence-corrected chi connectivity index (χ4v) is 2.29. The van der Waals surface area contributed by atoms with E-state index in [1.54, 1.807) is 12.3 Å². The van der Waals surface area contributed by atoms with Gasteiger partial charge in [0.05, 0.1) is 16.2 Å². The summed E-state index contributed by atoms with van der Waals surface area (Å²) in [6, 6.07) is 6.35. The molecule has 1 heterocycles. The van der Waals surface area contributed by atoms with Crippen LogP contribution in [0.5, 0.6) is 5.75 Å². The van der Waals surface area contributed by atoms with Gasteiger partial charge in [0.1, 0.15) is 17.4 Å². The Morgan fingerprint density at radius 1 is 1.12 bits per heavy atom. The van der Waals surface area contributed by atoms with Crippen molar-refractivity contribution in [1.82, 2.24) is 4.98 Å². The Bertz CT molecular complexity index is 863. The van der Waals surface area contributed by atoms with Gasteiger partial charge in [-0.2, -0.15) is 13.2 Å². The maximum Gasteiger partial charge on any atom is 0.422 e. The molecule has 0 amide bonds. The van der Waals surface area contributed by atoms with Crippen molar-refractivity contribution in [1.29, 1.82) is 0 Å². The van der Waals surface area contributed by atoms with Crippen LogP contribution >= 0.6 is 24.2 Å². The predicted molar refractivity (Wildman–Crippen MR) is 92.9 cm³/mol. The number of ether oxygens (including phenoxy) is 1. The minimum Gasteiger partial charge on any atom is -0.484 e. The molecule has 3 nitrogen and oxygen atoms in total. The molecule has 0 aliphatic rings. The zero-order chi connectivity index (χ0) is 19.5. The highest BCUT2D eigenvalue weighted by Crippen LogP contribution is 2.26. The minimum atomic E-state index is -4.32. The SMILES string of the molecule is FC(F)(F)COc1ccc2c(S)c[nH]c2c1.Nc1cc(F)c(Cl)cc1F. The van der Waals surface area contributed by atoms with Crippen molar-refractivity contribution in [2.24, 2.45) is 0 Å². The highest BCUT2D eigenvalue weighted by atomic mass is 35.5. The van der Waals surface area contributed by atoms with Gasteiger partial charge in [-0.1, -0.05) is 11.6 Å². The van der Waals surface area contributed by atoms with Gasteiger partial charge in [0, 0.05) is 28.6 Å². The lowest BCUT2D eigenvalue weighted by Crippen LogP contribution is -2.19. The van der Waals surface area contributed by atoms with Crippen molar-refractivity contribution in [2.45, 2.75) is 11.1 Å². The van der Waals surface area contributed by atoms with E-state index in [2.05, 4.69) is 22.3 Å². The summed E-state index contributed by atoms with van der Waals surface area (Å²) in [7, 11) is 0. The maximum atomic E-state index is 12.4. The highest BCUT2D eigenvalue weighted by Gasteiger charge is 2.28. The summed E-state index contributed by atoms with van der Waals surface area (Å²) in [5, 5.41) is 0.592. The second kappa shape index (κ2) is 8.05. The van der Waals surface area contributed by atoms with Gasteiger partial charge in [0.25, 0.3) is 0 Å². The number of alkyl halides is 3. The van der Waals surface area contributed by atoms with E-state index < -0.39 is 24.4 Å². The zero-order valence-corrected chi connectivity index (χ0v) is 14.5. The Balaban J connectivity index is 0.000000209. The number of aromatic nitrogens is 1. The van der Waals surface area contributed by atoms with E-state index in [4.69, 9.17) is 17.3 Å². The molecule has 0 spiro atoms. The van der Waals surface area contributed by atoms with Crippen LogP contribution in [0.3, 0.4) is 0 Å². The van der Waals surface area contributed by atoms with E-state index >= 15 is 0 Å². The number of aromatic amines is 1. The monoisotopic (exact) mass is 410 g/mol. The van der Waals surface area contributed by atoms with Gasteiger partial charge in [-0.15, -0.1) is 12.6 Å². The van der Waals surface area contributed by atoms with Crippen LogP contribution in [0.2, 0.25) is 5.02 Å². The number of rotatable bonds is 2. The van der Waals surface area contributed by atoms with Gasteiger partial charge >= 0.3 is 6.18 Å². The molecule has 0 aliphatic heterocycles. The van der Waals surface area contributed by atoms with E-state index in [0.29, 0.717) is 5.52 Å². The summed E-state index contributed by atoms with van der Waals surface area (Å²) in [4.78, 5) is 3.64. The van der Waals surface area contributed by atoms with Crippen molar-refractivity contribution in [3.05, 3.63) is 53.2 Å². The van der Waals surface area contributed by atoms with Gasteiger partial charge in [-0.25, -0.2) is 8.78 Å². The molecule has 0 unspecified atom stereocenters. The summed E-state index contributed by atoms with van der Waals surface area (Å²) in [5.74, 6) is -1.23. The number of anilines is 1. The molecule has 10 heteroatoms. The van der Waals surface area contributed by atoms with Crippen molar-refractivity contribution >= 4 is 40.8 Å². The van der Waals surface area contributed by atoms with E-state index in [1.807, 2.05) is 0 Å². The molecule has 0 saturated heterocycles. The molecule has 3 rings (SSSR count). The summed E-state index contributed by atoms with van der Waals surface area (Å²) in [5.41, 5.74) is 5.48. The second-order valence-electron chi connectivity index (χ2n) is 5.07. The Labute approximate surface area is 155 Å². The van der Waals surface area contributed by atoms with Crippen LogP contribution in [-0.2, 0) is 0 Å². The third-order valence-corrected chi connectivity index (χ3v) is 3.73. The molecule has 3 N–H and O–H groups in total. The van der Waals surface area contributed by atoms with Crippen molar-refractivity contribution in [3.8, 4) is 5.75 Å². The quantitative estimate of drug-likeness (QED) is 0.223. The molecule has 0 radical (unpaired) electrons. The molecule has 140 valence electrons. The normalized spacial score (nSPS) is 11.2. The number of hydrogen-bond acceptors (Lipinski definition) is 3. The largest absolute Gasteiger partial charge is 0.484 e. The summed E-state index contributed by atoms with van der Waals surface area (Å²) in [6.45, 7) is -1.28. The summed E-state index contributed by atoms with van der Waals surface area (Å²) >= 11 is 9.40. The molecular weight excluding hydrogens is 399 g/mol. The van der Waals surface area contributed by atoms with Crippen molar-refractivity contribution in [3.63, 3.8) is 0 Å². The molecule has 2 aromatic carbocycles. The number of hydrogen-bond donors (Lipinski definition) is 3. The third kappa shape index (κ3) is 5.43. The first-order valence-corrected chi connectivity index (χ1v) is 7.79. The highest BCUT2D eigenvalue weighted by molar-refractivity contribution is 7.80. The Kier molecular flexibility index (Phi) is 6.25. The van der Waals surface area contributed by atoms with Crippen LogP contribution in [-0.4, -0.2) is 17.8 Å².